The number of pyridine rings is 1. The van der Waals surface area contributed by atoms with Gasteiger partial charge >= 0.3 is 5.63 Å². The van der Waals surface area contributed by atoms with Gasteiger partial charge in [-0.15, -0.1) is 0 Å². The van der Waals surface area contributed by atoms with E-state index in [1.54, 1.807) is 44.2 Å². The summed E-state index contributed by atoms with van der Waals surface area (Å²) in [5.41, 5.74) is 2.68. The van der Waals surface area contributed by atoms with E-state index >= 15 is 0 Å². The molecule has 0 bridgehead atoms. The van der Waals surface area contributed by atoms with Gasteiger partial charge in [0.05, 0.1) is 16.6 Å². The molecule has 0 saturated heterocycles. The molecule has 0 radical (unpaired) electrons. The molecule has 124 valence electrons. The maximum atomic E-state index is 12.7. The third-order valence-electron chi connectivity index (χ3n) is 3.87. The molecule has 1 amide bonds. The van der Waals surface area contributed by atoms with Crippen LogP contribution in [0.15, 0.2) is 50.1 Å². The van der Waals surface area contributed by atoms with Gasteiger partial charge in [0.2, 0.25) is 0 Å². The van der Waals surface area contributed by atoms with Crippen LogP contribution in [0.1, 0.15) is 21.7 Å². The lowest BCUT2D eigenvalue weighted by Crippen LogP contribution is -2.13. The van der Waals surface area contributed by atoms with Crippen LogP contribution in [0, 0.1) is 13.8 Å². The van der Waals surface area contributed by atoms with Crippen LogP contribution in [0.25, 0.3) is 22.1 Å². The second-order valence-electron chi connectivity index (χ2n) is 5.72. The number of rotatable bonds is 2. The largest absolute Gasteiger partial charge is 0.423 e. The predicted molar refractivity (Wildman–Crippen MR) is 91.7 cm³/mol. The average molecular weight is 335 g/mol. The number of aryl methyl sites for hydroxylation is 2. The van der Waals surface area contributed by atoms with Crippen LogP contribution in [-0.2, 0) is 0 Å². The third-order valence-corrected chi connectivity index (χ3v) is 3.87. The van der Waals surface area contributed by atoms with Crippen molar-refractivity contribution in [1.29, 1.82) is 0 Å². The van der Waals surface area contributed by atoms with Gasteiger partial charge in [-0.1, -0.05) is 5.16 Å². The molecule has 1 aromatic carbocycles. The van der Waals surface area contributed by atoms with Crippen molar-refractivity contribution >= 4 is 33.7 Å². The maximum Gasteiger partial charge on any atom is 0.336 e. The van der Waals surface area contributed by atoms with Gasteiger partial charge in [-0.2, -0.15) is 0 Å². The number of fused-ring (bicyclic) bond motifs is 2. The van der Waals surface area contributed by atoms with E-state index in [0.717, 1.165) is 5.39 Å². The quantitative estimate of drug-likeness (QED) is 0.565. The van der Waals surface area contributed by atoms with Gasteiger partial charge in [0.1, 0.15) is 5.58 Å². The monoisotopic (exact) mass is 335 g/mol. The molecular formula is C18H13N3O4. The van der Waals surface area contributed by atoms with Crippen LogP contribution in [0.5, 0.6) is 0 Å². The second kappa shape index (κ2) is 5.55. The van der Waals surface area contributed by atoms with E-state index in [1.807, 2.05) is 0 Å². The molecule has 4 rings (SSSR count). The fourth-order valence-electron chi connectivity index (χ4n) is 2.74. The van der Waals surface area contributed by atoms with Gasteiger partial charge < -0.3 is 14.3 Å². The Morgan fingerprint density at radius 2 is 1.96 bits per heavy atom. The van der Waals surface area contributed by atoms with E-state index in [-0.39, 0.29) is 5.91 Å². The predicted octanol–water partition coefficient (Wildman–Crippen LogP) is 3.20. The van der Waals surface area contributed by atoms with Crippen molar-refractivity contribution in [2.24, 2.45) is 0 Å². The summed E-state index contributed by atoms with van der Waals surface area (Å²) in [6, 6.07) is 9.74. The summed E-state index contributed by atoms with van der Waals surface area (Å²) in [6.07, 6.45) is 0. The third kappa shape index (κ3) is 2.65. The zero-order valence-corrected chi connectivity index (χ0v) is 13.5. The topological polar surface area (TPSA) is 98.2 Å². The molecule has 0 spiro atoms. The number of nitrogens with one attached hydrogen (secondary N) is 1. The van der Waals surface area contributed by atoms with Crippen LogP contribution in [0.3, 0.4) is 0 Å². The Bertz CT molecular complexity index is 1190. The summed E-state index contributed by atoms with van der Waals surface area (Å²) >= 11 is 0. The van der Waals surface area contributed by atoms with E-state index in [4.69, 9.17) is 8.94 Å². The van der Waals surface area contributed by atoms with Crippen molar-refractivity contribution in [3.8, 4) is 0 Å². The Morgan fingerprint density at radius 1 is 1.12 bits per heavy atom. The van der Waals surface area contributed by atoms with Crippen LogP contribution in [-0.4, -0.2) is 16.0 Å². The number of hydrogen-bond acceptors (Lipinski definition) is 6. The fourth-order valence-corrected chi connectivity index (χ4v) is 2.74. The lowest BCUT2D eigenvalue weighted by molar-refractivity contribution is 0.102. The van der Waals surface area contributed by atoms with Crippen molar-refractivity contribution in [3.63, 3.8) is 0 Å². The van der Waals surface area contributed by atoms with Gasteiger partial charge in [0.15, 0.2) is 0 Å². The first-order valence-electron chi connectivity index (χ1n) is 7.60. The zero-order valence-electron chi connectivity index (χ0n) is 13.5. The normalized spacial score (nSPS) is 11.1. The molecular weight excluding hydrogens is 322 g/mol. The second-order valence-corrected chi connectivity index (χ2v) is 5.72. The van der Waals surface area contributed by atoms with E-state index in [9.17, 15) is 9.59 Å². The molecule has 0 saturated carbocycles. The van der Waals surface area contributed by atoms with Crippen molar-refractivity contribution in [2.75, 3.05) is 5.32 Å². The minimum Gasteiger partial charge on any atom is -0.423 e. The van der Waals surface area contributed by atoms with Crippen LogP contribution in [0.2, 0.25) is 0 Å². The SMILES string of the molecule is Cc1cc(C(=O)Nc2ccc3oc(=O)ccc3c2)c2c(C)noc2n1. The number of nitrogens with zero attached hydrogens (tertiary/aromatic N) is 2. The molecule has 7 nitrogen and oxygen atoms in total. The molecule has 0 fully saturated rings. The van der Waals surface area contributed by atoms with Gasteiger partial charge in [0, 0.05) is 22.8 Å². The maximum absolute atomic E-state index is 12.7. The molecule has 3 heterocycles. The van der Waals surface area contributed by atoms with Crippen molar-refractivity contribution in [1.82, 2.24) is 10.1 Å². The molecule has 0 atom stereocenters. The Kier molecular flexibility index (Phi) is 3.35. The lowest BCUT2D eigenvalue weighted by Gasteiger charge is -2.07. The van der Waals surface area contributed by atoms with E-state index < -0.39 is 5.63 Å². The highest BCUT2D eigenvalue weighted by Crippen LogP contribution is 2.24. The Balaban J connectivity index is 1.74. The minimum atomic E-state index is -0.415. The summed E-state index contributed by atoms with van der Waals surface area (Å²) < 4.78 is 10.2. The summed E-state index contributed by atoms with van der Waals surface area (Å²) in [6.45, 7) is 3.55. The first kappa shape index (κ1) is 15.1. The fraction of sp³-hybridized carbons (Fsp3) is 0.111. The molecule has 0 aliphatic heterocycles. The highest BCUT2D eigenvalue weighted by atomic mass is 16.5. The molecule has 4 aromatic rings. The Morgan fingerprint density at radius 3 is 2.80 bits per heavy atom. The summed E-state index contributed by atoms with van der Waals surface area (Å²) in [4.78, 5) is 28.2. The molecule has 0 unspecified atom stereocenters. The standard InChI is InChI=1S/C18H13N3O4/c1-9-7-13(16-10(2)21-25-18(16)19-9)17(23)20-12-4-5-14-11(8-12)3-6-15(22)24-14/h3-8H,1-2H3,(H,20,23). The van der Waals surface area contributed by atoms with Crippen LogP contribution >= 0.6 is 0 Å². The van der Waals surface area contributed by atoms with Crippen molar-refractivity contribution in [2.45, 2.75) is 13.8 Å². The number of amides is 1. The molecule has 0 aliphatic rings. The van der Waals surface area contributed by atoms with E-state index in [2.05, 4.69) is 15.5 Å². The smallest absolute Gasteiger partial charge is 0.336 e. The van der Waals surface area contributed by atoms with Crippen LogP contribution < -0.4 is 10.9 Å². The average Bonchev–Trinajstić information content (AvgIpc) is 2.95. The lowest BCUT2D eigenvalue weighted by atomic mass is 10.1. The molecule has 3 aromatic heterocycles. The van der Waals surface area contributed by atoms with Gasteiger partial charge in [0.25, 0.3) is 11.6 Å². The van der Waals surface area contributed by atoms with E-state index in [0.29, 0.717) is 39.3 Å². The van der Waals surface area contributed by atoms with Gasteiger partial charge in [-0.3, -0.25) is 4.79 Å². The number of carbonyl (C=O) groups is 1. The first-order valence-corrected chi connectivity index (χ1v) is 7.60. The number of aromatic nitrogens is 2. The number of carbonyl (C=O) groups excluding carboxylic acids is 1. The van der Waals surface area contributed by atoms with Gasteiger partial charge in [-0.25, -0.2) is 9.78 Å². The Hall–Kier alpha value is -3.48. The highest BCUT2D eigenvalue weighted by Gasteiger charge is 2.18. The highest BCUT2D eigenvalue weighted by molar-refractivity contribution is 6.12. The molecule has 1 N–H and O–H groups in total. The zero-order chi connectivity index (χ0) is 17.6. The summed E-state index contributed by atoms with van der Waals surface area (Å²) in [5.74, 6) is -0.293. The number of benzene rings is 1. The molecule has 7 heteroatoms. The number of anilines is 1. The van der Waals surface area contributed by atoms with Crippen molar-refractivity contribution < 1.29 is 13.7 Å². The summed E-state index contributed by atoms with van der Waals surface area (Å²) in [5, 5.41) is 8.03. The number of hydrogen-bond donors (Lipinski definition) is 1. The molecule has 0 aliphatic carbocycles. The van der Waals surface area contributed by atoms with Crippen LogP contribution in [0.4, 0.5) is 5.69 Å². The van der Waals surface area contributed by atoms with E-state index in [1.165, 1.54) is 6.07 Å². The summed E-state index contributed by atoms with van der Waals surface area (Å²) in [7, 11) is 0. The Labute approximate surface area is 141 Å². The minimum absolute atomic E-state index is 0.293. The van der Waals surface area contributed by atoms with Gasteiger partial charge in [-0.05, 0) is 44.2 Å². The first-order chi connectivity index (χ1) is 12.0. The molecule has 25 heavy (non-hydrogen) atoms. The van der Waals surface area contributed by atoms with Crippen molar-refractivity contribution in [3.05, 3.63) is 63.8 Å².